The molecule has 1 unspecified atom stereocenters. The molecular weight excluding hydrogens is 315 g/mol. The first-order chi connectivity index (χ1) is 10.9. The zero-order valence-electron chi connectivity index (χ0n) is 12.0. The Balaban J connectivity index is 1.66. The molecule has 3 heterocycles. The van der Waals surface area contributed by atoms with E-state index in [0.29, 0.717) is 19.4 Å². The number of carbonyl (C=O) groups excluding carboxylic acids is 1. The third-order valence-electron chi connectivity index (χ3n) is 3.66. The van der Waals surface area contributed by atoms with Crippen LogP contribution in [0.1, 0.15) is 30.5 Å². The maximum atomic E-state index is 12.5. The van der Waals surface area contributed by atoms with Crippen LogP contribution in [0.15, 0.2) is 22.9 Å². The molecule has 1 fully saturated rings. The van der Waals surface area contributed by atoms with Crippen molar-refractivity contribution in [3.05, 3.63) is 30.2 Å². The van der Waals surface area contributed by atoms with Crippen LogP contribution in [-0.2, 0) is 17.5 Å². The molecule has 124 valence electrons. The molecule has 2 aromatic rings. The van der Waals surface area contributed by atoms with Crippen LogP contribution in [0.3, 0.4) is 0 Å². The summed E-state index contributed by atoms with van der Waals surface area (Å²) in [4.78, 5) is 13.8. The smallest absolute Gasteiger partial charge is 0.417 e. The molecule has 1 amide bonds. The summed E-state index contributed by atoms with van der Waals surface area (Å²) < 4.78 is 43.8. The molecule has 0 radical (unpaired) electrons. The van der Waals surface area contributed by atoms with E-state index >= 15 is 0 Å². The second-order valence-electron chi connectivity index (χ2n) is 5.33. The fraction of sp³-hybridized carbons (Fsp3) is 0.538. The van der Waals surface area contributed by atoms with Gasteiger partial charge in [0.15, 0.2) is 0 Å². The summed E-state index contributed by atoms with van der Waals surface area (Å²) in [6, 6.07) is 1.71. The molecule has 0 N–H and O–H groups in total. The van der Waals surface area contributed by atoms with Gasteiger partial charge in [-0.05, 0) is 18.9 Å². The van der Waals surface area contributed by atoms with Crippen LogP contribution in [0.2, 0.25) is 0 Å². The number of amides is 1. The lowest BCUT2D eigenvalue weighted by Gasteiger charge is -2.31. The Labute approximate surface area is 129 Å². The SMILES string of the molecule is O=C(Cn1cccn1)N1CCCC(c2nnc(C(F)(F)F)o2)C1. The number of halogens is 3. The molecule has 7 nitrogen and oxygen atoms in total. The second-order valence-corrected chi connectivity index (χ2v) is 5.33. The Morgan fingerprint density at radius 3 is 2.87 bits per heavy atom. The van der Waals surface area contributed by atoms with E-state index in [1.54, 1.807) is 23.4 Å². The average molecular weight is 329 g/mol. The highest BCUT2D eigenvalue weighted by Gasteiger charge is 2.39. The number of nitrogens with zero attached hydrogens (tertiary/aromatic N) is 5. The van der Waals surface area contributed by atoms with Gasteiger partial charge in [-0.15, -0.1) is 10.2 Å². The molecule has 0 aromatic carbocycles. The molecule has 2 aromatic heterocycles. The van der Waals surface area contributed by atoms with Crippen LogP contribution in [0.25, 0.3) is 0 Å². The van der Waals surface area contributed by atoms with Crippen LogP contribution < -0.4 is 0 Å². The summed E-state index contributed by atoms with van der Waals surface area (Å²) in [5.41, 5.74) is 0. The highest BCUT2D eigenvalue weighted by Crippen LogP contribution is 2.32. The number of hydrogen-bond acceptors (Lipinski definition) is 5. The Bertz CT molecular complexity index is 667. The molecule has 1 aliphatic heterocycles. The van der Waals surface area contributed by atoms with E-state index in [0.717, 1.165) is 0 Å². The molecular formula is C13H14F3N5O2. The Hall–Kier alpha value is -2.39. The molecule has 10 heteroatoms. The highest BCUT2D eigenvalue weighted by atomic mass is 19.4. The van der Waals surface area contributed by atoms with Crippen molar-refractivity contribution in [1.29, 1.82) is 0 Å². The minimum absolute atomic E-state index is 0.0751. The van der Waals surface area contributed by atoms with E-state index in [4.69, 9.17) is 4.42 Å². The zero-order chi connectivity index (χ0) is 16.4. The summed E-state index contributed by atoms with van der Waals surface area (Å²) in [7, 11) is 0. The first kappa shape index (κ1) is 15.5. The topological polar surface area (TPSA) is 77.1 Å². The Morgan fingerprint density at radius 1 is 1.39 bits per heavy atom. The lowest BCUT2D eigenvalue weighted by molar-refractivity contribution is -0.157. The minimum atomic E-state index is -4.66. The lowest BCUT2D eigenvalue weighted by Crippen LogP contribution is -2.41. The van der Waals surface area contributed by atoms with Crippen molar-refractivity contribution >= 4 is 5.91 Å². The third-order valence-corrected chi connectivity index (χ3v) is 3.66. The van der Waals surface area contributed by atoms with E-state index < -0.39 is 12.1 Å². The van der Waals surface area contributed by atoms with Crippen LogP contribution >= 0.6 is 0 Å². The van der Waals surface area contributed by atoms with Crippen molar-refractivity contribution in [2.75, 3.05) is 13.1 Å². The van der Waals surface area contributed by atoms with Crippen LogP contribution in [0, 0.1) is 0 Å². The molecule has 0 aliphatic carbocycles. The maximum absolute atomic E-state index is 12.5. The molecule has 0 bridgehead atoms. The molecule has 1 aliphatic rings. The fourth-order valence-corrected chi connectivity index (χ4v) is 2.55. The molecule has 3 rings (SSSR count). The van der Waals surface area contributed by atoms with Gasteiger partial charge in [-0.2, -0.15) is 18.3 Å². The van der Waals surface area contributed by atoms with Gasteiger partial charge in [0, 0.05) is 25.5 Å². The summed E-state index contributed by atoms with van der Waals surface area (Å²) in [6.07, 6.45) is -0.143. The van der Waals surface area contributed by atoms with Gasteiger partial charge >= 0.3 is 12.1 Å². The van der Waals surface area contributed by atoms with Crippen LogP contribution in [0.5, 0.6) is 0 Å². The predicted molar refractivity (Wildman–Crippen MR) is 70.1 cm³/mol. The van der Waals surface area contributed by atoms with Gasteiger partial charge in [-0.1, -0.05) is 0 Å². The molecule has 1 saturated heterocycles. The van der Waals surface area contributed by atoms with Gasteiger partial charge in [0.25, 0.3) is 0 Å². The summed E-state index contributed by atoms with van der Waals surface area (Å²) in [5.74, 6) is -1.95. The summed E-state index contributed by atoms with van der Waals surface area (Å²) >= 11 is 0. The molecule has 0 spiro atoms. The number of hydrogen-bond donors (Lipinski definition) is 0. The van der Waals surface area contributed by atoms with Gasteiger partial charge in [0.1, 0.15) is 6.54 Å². The number of aromatic nitrogens is 4. The summed E-state index contributed by atoms with van der Waals surface area (Å²) in [5, 5.41) is 10.5. The van der Waals surface area contributed by atoms with E-state index in [9.17, 15) is 18.0 Å². The number of carbonyl (C=O) groups is 1. The van der Waals surface area contributed by atoms with Gasteiger partial charge in [0.05, 0.1) is 5.92 Å². The summed E-state index contributed by atoms with van der Waals surface area (Å²) in [6.45, 7) is 0.911. The van der Waals surface area contributed by atoms with Gasteiger partial charge in [-0.25, -0.2) is 0 Å². The second kappa shape index (κ2) is 6.01. The van der Waals surface area contributed by atoms with Crippen molar-refractivity contribution in [1.82, 2.24) is 24.9 Å². The number of rotatable bonds is 3. The van der Waals surface area contributed by atoms with Crippen LogP contribution in [-0.4, -0.2) is 43.9 Å². The number of alkyl halides is 3. The fourth-order valence-electron chi connectivity index (χ4n) is 2.55. The standard InChI is InChI=1S/C13H14F3N5O2/c14-13(15,16)12-19-18-11(23-12)9-3-1-5-20(7-9)10(22)8-21-6-2-4-17-21/h2,4,6,9H,1,3,5,7-8H2. The number of piperidine rings is 1. The van der Waals surface area contributed by atoms with Crippen molar-refractivity contribution in [2.45, 2.75) is 31.5 Å². The van der Waals surface area contributed by atoms with Crippen molar-refractivity contribution in [3.63, 3.8) is 0 Å². The minimum Gasteiger partial charge on any atom is -0.417 e. The van der Waals surface area contributed by atoms with E-state index in [1.807, 2.05) is 0 Å². The maximum Gasteiger partial charge on any atom is 0.470 e. The van der Waals surface area contributed by atoms with E-state index in [-0.39, 0.29) is 30.8 Å². The van der Waals surface area contributed by atoms with Crippen molar-refractivity contribution < 1.29 is 22.4 Å². The average Bonchev–Trinajstić information content (AvgIpc) is 3.18. The first-order valence-corrected chi connectivity index (χ1v) is 7.09. The monoisotopic (exact) mass is 329 g/mol. The van der Waals surface area contributed by atoms with E-state index in [1.165, 1.54) is 4.68 Å². The van der Waals surface area contributed by atoms with Crippen molar-refractivity contribution in [3.8, 4) is 0 Å². The lowest BCUT2D eigenvalue weighted by atomic mass is 9.98. The quantitative estimate of drug-likeness (QED) is 0.856. The highest BCUT2D eigenvalue weighted by molar-refractivity contribution is 5.76. The predicted octanol–water partition coefficient (Wildman–Crippen LogP) is 1.69. The first-order valence-electron chi connectivity index (χ1n) is 7.09. The Morgan fingerprint density at radius 2 is 2.22 bits per heavy atom. The third kappa shape index (κ3) is 3.51. The van der Waals surface area contributed by atoms with E-state index in [2.05, 4.69) is 15.3 Å². The number of likely N-dealkylation sites (tertiary alicyclic amines) is 1. The van der Waals surface area contributed by atoms with Gasteiger partial charge in [-0.3, -0.25) is 9.48 Å². The zero-order valence-corrected chi connectivity index (χ0v) is 12.0. The van der Waals surface area contributed by atoms with Crippen molar-refractivity contribution in [2.24, 2.45) is 0 Å². The molecule has 23 heavy (non-hydrogen) atoms. The van der Waals surface area contributed by atoms with Crippen LogP contribution in [0.4, 0.5) is 13.2 Å². The molecule has 1 atom stereocenters. The van der Waals surface area contributed by atoms with Gasteiger partial charge in [0.2, 0.25) is 11.8 Å². The normalized spacial score (nSPS) is 19.1. The molecule has 0 saturated carbocycles. The van der Waals surface area contributed by atoms with Gasteiger partial charge < -0.3 is 9.32 Å². The Kier molecular flexibility index (Phi) is 4.05. The largest absolute Gasteiger partial charge is 0.470 e.